The fraction of sp³-hybridized carbons (Fsp3) is 0.650. The number of aromatic nitrogens is 3. The third-order valence-electron chi connectivity index (χ3n) is 5.91. The van der Waals surface area contributed by atoms with Gasteiger partial charge >= 0.3 is 12.4 Å². The summed E-state index contributed by atoms with van der Waals surface area (Å²) in [6.45, 7) is 0. The number of nitrogen functional groups attached to an aromatic ring is 1. The highest BCUT2D eigenvalue weighted by molar-refractivity contribution is 5.68. The van der Waals surface area contributed by atoms with Gasteiger partial charge in [0.05, 0.1) is 5.69 Å². The lowest BCUT2D eigenvalue weighted by Crippen LogP contribution is -2.42. The molecular formula is C20H22F6N4O3. The van der Waals surface area contributed by atoms with Crippen LogP contribution in [-0.2, 0) is 11.8 Å². The molecule has 3 N–H and O–H groups in total. The van der Waals surface area contributed by atoms with Crippen LogP contribution in [0.3, 0.4) is 0 Å². The van der Waals surface area contributed by atoms with Crippen LogP contribution in [-0.4, -0.2) is 32.6 Å². The zero-order chi connectivity index (χ0) is 24.0. The van der Waals surface area contributed by atoms with E-state index in [4.69, 9.17) is 14.9 Å². The van der Waals surface area contributed by atoms with Crippen molar-refractivity contribution in [2.75, 3.05) is 5.73 Å². The second kappa shape index (κ2) is 8.33. The summed E-state index contributed by atoms with van der Waals surface area (Å²) < 4.78 is 92.8. The molecule has 1 fully saturated rings. The molecule has 4 bridgehead atoms. The van der Waals surface area contributed by atoms with Crippen LogP contribution in [0, 0.1) is 5.92 Å². The van der Waals surface area contributed by atoms with Crippen molar-refractivity contribution >= 4 is 5.69 Å². The molecule has 1 saturated carbocycles. The Kier molecular flexibility index (Phi) is 5.95. The van der Waals surface area contributed by atoms with Crippen LogP contribution >= 0.6 is 0 Å². The Bertz CT molecular complexity index is 1000. The van der Waals surface area contributed by atoms with E-state index in [1.54, 1.807) is 0 Å². The second-order valence-corrected chi connectivity index (χ2v) is 8.57. The molecule has 2 aromatic heterocycles. The molecule has 182 valence electrons. The molecule has 2 atom stereocenters. The minimum absolute atomic E-state index is 0.0244. The summed E-state index contributed by atoms with van der Waals surface area (Å²) >= 11 is 0. The minimum atomic E-state index is -5.12. The maximum atomic E-state index is 13.7. The lowest BCUT2D eigenvalue weighted by Gasteiger charge is -2.27. The summed E-state index contributed by atoms with van der Waals surface area (Å²) in [4.78, 5) is 3.83. The number of anilines is 1. The molecule has 0 amide bonds. The number of hydrogen-bond acceptors (Lipinski definition) is 7. The van der Waals surface area contributed by atoms with Crippen molar-refractivity contribution in [2.45, 2.75) is 75.4 Å². The lowest BCUT2D eigenvalue weighted by atomic mass is 9.94. The highest BCUT2D eigenvalue weighted by Gasteiger charge is 2.58. The van der Waals surface area contributed by atoms with Crippen molar-refractivity contribution < 1.29 is 40.6 Å². The van der Waals surface area contributed by atoms with Crippen molar-refractivity contribution in [1.29, 1.82) is 0 Å². The normalized spacial score (nSPS) is 24.8. The Morgan fingerprint density at radius 3 is 2.42 bits per heavy atom. The molecule has 1 aliphatic heterocycles. The second-order valence-electron chi connectivity index (χ2n) is 8.57. The fourth-order valence-corrected chi connectivity index (χ4v) is 3.87. The number of pyridine rings is 1. The van der Waals surface area contributed by atoms with E-state index in [1.165, 1.54) is 0 Å². The molecule has 3 heterocycles. The SMILES string of the molecule is Nc1cc(C(F)(F)F)c2nc1-c1nnc(o1)C(O)(C(F)(F)F)CCCCCC(CC1CC1)O2. The lowest BCUT2D eigenvalue weighted by molar-refractivity contribution is -0.277. The summed E-state index contributed by atoms with van der Waals surface area (Å²) in [6.07, 6.45) is -7.89. The van der Waals surface area contributed by atoms with Crippen molar-refractivity contribution in [3.8, 4) is 17.5 Å². The standard InChI is InChI=1S/C20H22F6N4O3/c21-19(22,23)12-9-13(27)14-16-29-30-17(33-16)18(31,20(24,25)26)7-3-1-2-4-11(8-10-5-6-10)32-15(12)28-14/h9-11,31H,1-8,27H2. The van der Waals surface area contributed by atoms with Gasteiger partial charge in [-0.05, 0) is 44.1 Å². The maximum absolute atomic E-state index is 13.7. The number of rotatable bonds is 2. The van der Waals surface area contributed by atoms with Gasteiger partial charge in [-0.25, -0.2) is 4.98 Å². The van der Waals surface area contributed by atoms with Crippen LogP contribution in [0.25, 0.3) is 11.6 Å². The zero-order valence-electron chi connectivity index (χ0n) is 17.3. The van der Waals surface area contributed by atoms with Gasteiger partial charge < -0.3 is 20.0 Å². The van der Waals surface area contributed by atoms with E-state index >= 15 is 0 Å². The molecule has 4 rings (SSSR count). The van der Waals surface area contributed by atoms with Crippen molar-refractivity contribution in [1.82, 2.24) is 15.2 Å². The first-order chi connectivity index (χ1) is 15.4. The molecule has 2 unspecified atom stereocenters. The Balaban J connectivity index is 1.82. The summed E-state index contributed by atoms with van der Waals surface area (Å²) in [5, 5.41) is 17.2. The predicted octanol–water partition coefficient (Wildman–Crippen LogP) is 4.99. The molecule has 0 aromatic carbocycles. The minimum Gasteiger partial charge on any atom is -0.474 e. The number of aliphatic hydroxyl groups is 1. The van der Waals surface area contributed by atoms with Gasteiger partial charge in [0.15, 0.2) is 5.69 Å². The zero-order valence-corrected chi connectivity index (χ0v) is 17.3. The van der Waals surface area contributed by atoms with E-state index in [9.17, 15) is 31.4 Å². The van der Waals surface area contributed by atoms with Gasteiger partial charge in [0.2, 0.25) is 11.5 Å². The summed E-state index contributed by atoms with van der Waals surface area (Å²) in [6, 6.07) is 0.581. The molecule has 2 aliphatic rings. The average molecular weight is 480 g/mol. The first kappa shape index (κ1) is 23.6. The number of alkyl halides is 6. The van der Waals surface area contributed by atoms with E-state index in [2.05, 4.69) is 15.2 Å². The van der Waals surface area contributed by atoms with Crippen molar-refractivity contribution in [3.63, 3.8) is 0 Å². The Hall–Kier alpha value is -2.57. The summed E-state index contributed by atoms with van der Waals surface area (Å²) in [5.74, 6) is -2.21. The van der Waals surface area contributed by atoms with Gasteiger partial charge in [-0.1, -0.05) is 19.3 Å². The van der Waals surface area contributed by atoms with Gasteiger partial charge in [0.25, 0.3) is 11.8 Å². The monoisotopic (exact) mass is 480 g/mol. The van der Waals surface area contributed by atoms with Gasteiger partial charge in [0, 0.05) is 0 Å². The first-order valence-corrected chi connectivity index (χ1v) is 10.6. The highest BCUT2D eigenvalue weighted by atomic mass is 19.4. The van der Waals surface area contributed by atoms with Crippen LogP contribution in [0.1, 0.15) is 62.8 Å². The Morgan fingerprint density at radius 2 is 1.79 bits per heavy atom. The molecule has 0 spiro atoms. The van der Waals surface area contributed by atoms with E-state index in [0.29, 0.717) is 31.2 Å². The first-order valence-electron chi connectivity index (χ1n) is 10.6. The molecule has 0 radical (unpaired) electrons. The van der Waals surface area contributed by atoms with Crippen LogP contribution < -0.4 is 10.5 Å². The smallest absolute Gasteiger partial charge is 0.426 e. The van der Waals surface area contributed by atoms with Crippen molar-refractivity contribution in [3.05, 3.63) is 17.5 Å². The quantitative estimate of drug-likeness (QED) is 0.583. The van der Waals surface area contributed by atoms with E-state index < -0.39 is 65.1 Å². The molecular weight excluding hydrogens is 458 g/mol. The third-order valence-corrected chi connectivity index (χ3v) is 5.91. The number of nitrogens with two attached hydrogens (primary N) is 1. The van der Waals surface area contributed by atoms with Crippen LogP contribution in [0.5, 0.6) is 5.88 Å². The number of hydrogen-bond donors (Lipinski definition) is 2. The molecule has 2 aromatic rings. The number of halogens is 6. The van der Waals surface area contributed by atoms with Crippen LogP contribution in [0.2, 0.25) is 0 Å². The fourth-order valence-electron chi connectivity index (χ4n) is 3.87. The van der Waals surface area contributed by atoms with Crippen molar-refractivity contribution in [2.24, 2.45) is 5.92 Å². The Labute approximate surface area is 184 Å². The topological polar surface area (TPSA) is 107 Å². The van der Waals surface area contributed by atoms with E-state index in [-0.39, 0.29) is 12.8 Å². The van der Waals surface area contributed by atoms with Crippen LogP contribution in [0.4, 0.5) is 32.0 Å². The van der Waals surface area contributed by atoms with Gasteiger partial charge in [-0.3, -0.25) is 0 Å². The Morgan fingerprint density at radius 1 is 1.06 bits per heavy atom. The average Bonchev–Trinajstić information content (AvgIpc) is 3.38. The largest absolute Gasteiger partial charge is 0.474 e. The van der Waals surface area contributed by atoms with Gasteiger partial charge in [0.1, 0.15) is 11.7 Å². The van der Waals surface area contributed by atoms with E-state index in [1.807, 2.05) is 0 Å². The molecule has 33 heavy (non-hydrogen) atoms. The number of fused-ring (bicyclic) bond motifs is 5. The summed E-state index contributed by atoms with van der Waals surface area (Å²) in [5.41, 5.74) is 0.113. The molecule has 0 saturated heterocycles. The predicted molar refractivity (Wildman–Crippen MR) is 102 cm³/mol. The number of nitrogens with zero attached hydrogens (tertiary/aromatic N) is 3. The van der Waals surface area contributed by atoms with Gasteiger partial charge in [-0.15, -0.1) is 10.2 Å². The van der Waals surface area contributed by atoms with E-state index in [0.717, 1.165) is 12.8 Å². The van der Waals surface area contributed by atoms with Gasteiger partial charge in [-0.2, -0.15) is 26.3 Å². The van der Waals surface area contributed by atoms with Crippen LogP contribution in [0.15, 0.2) is 10.5 Å². The highest BCUT2D eigenvalue weighted by Crippen LogP contribution is 2.45. The maximum Gasteiger partial charge on any atom is 0.426 e. The third kappa shape index (κ3) is 4.87. The molecule has 7 nitrogen and oxygen atoms in total. The molecule has 13 heteroatoms. The number of ether oxygens (including phenoxy) is 1. The molecule has 1 aliphatic carbocycles. The summed E-state index contributed by atoms with van der Waals surface area (Å²) in [7, 11) is 0.